The average molecular weight is 410 g/mol. The monoisotopic (exact) mass is 409 g/mol. The zero-order valence-corrected chi connectivity index (χ0v) is 17.1. The van der Waals surface area contributed by atoms with Crippen LogP contribution in [0.5, 0.6) is 0 Å². The summed E-state index contributed by atoms with van der Waals surface area (Å²) in [5, 5.41) is 3.74. The lowest BCUT2D eigenvalue weighted by atomic mass is 10.2. The van der Waals surface area contributed by atoms with Crippen LogP contribution in [-0.2, 0) is 15.8 Å². The number of sulfonamides is 1. The van der Waals surface area contributed by atoms with E-state index in [0.717, 1.165) is 18.1 Å². The second kappa shape index (κ2) is 8.41. The molecule has 0 radical (unpaired) electrons. The predicted octanol–water partition coefficient (Wildman–Crippen LogP) is 2.52. The summed E-state index contributed by atoms with van der Waals surface area (Å²) >= 11 is 5.96. The van der Waals surface area contributed by atoms with Gasteiger partial charge in [-0.15, -0.1) is 0 Å². The molecule has 1 N–H and O–H groups in total. The van der Waals surface area contributed by atoms with E-state index in [2.05, 4.69) is 15.3 Å². The largest absolute Gasteiger partial charge is 0.370 e. The summed E-state index contributed by atoms with van der Waals surface area (Å²) in [6.07, 6.45) is 0. The van der Waals surface area contributed by atoms with Gasteiger partial charge in [-0.2, -0.15) is 9.29 Å². The van der Waals surface area contributed by atoms with Crippen molar-refractivity contribution in [3.63, 3.8) is 0 Å². The molecule has 0 unspecified atom stereocenters. The molecule has 1 aromatic carbocycles. The third-order valence-electron chi connectivity index (χ3n) is 4.35. The summed E-state index contributed by atoms with van der Waals surface area (Å²) in [7, 11) is -3.39. The Bertz CT molecular complexity index is 898. The number of aryl methyl sites for hydroxylation is 1. The fourth-order valence-corrected chi connectivity index (χ4v) is 4.78. The van der Waals surface area contributed by atoms with E-state index in [-0.39, 0.29) is 5.75 Å². The molecular weight excluding hydrogens is 386 g/mol. The van der Waals surface area contributed by atoms with Crippen molar-refractivity contribution in [1.29, 1.82) is 0 Å². The molecule has 146 valence electrons. The van der Waals surface area contributed by atoms with Crippen LogP contribution in [0.3, 0.4) is 0 Å². The van der Waals surface area contributed by atoms with Crippen molar-refractivity contribution < 1.29 is 8.42 Å². The summed E-state index contributed by atoms with van der Waals surface area (Å²) in [6.45, 7) is 6.67. The van der Waals surface area contributed by atoms with Gasteiger partial charge in [-0.25, -0.2) is 13.4 Å². The highest BCUT2D eigenvalue weighted by Crippen LogP contribution is 2.19. The maximum atomic E-state index is 12.7. The number of aromatic nitrogens is 2. The standard InChI is InChI=1S/C18H24ClN5O2S/c1-3-20-17-11-14(2)21-18(22-17)23-7-9-24(10-8-23)27(25,26)13-15-5-4-6-16(19)12-15/h4-6,11-12H,3,7-10,13H2,1-2H3,(H,20,21,22). The minimum Gasteiger partial charge on any atom is -0.370 e. The highest BCUT2D eigenvalue weighted by molar-refractivity contribution is 7.88. The summed E-state index contributed by atoms with van der Waals surface area (Å²) in [4.78, 5) is 11.1. The zero-order chi connectivity index (χ0) is 19.4. The topological polar surface area (TPSA) is 78.4 Å². The van der Waals surface area contributed by atoms with Crippen LogP contribution in [0.1, 0.15) is 18.2 Å². The van der Waals surface area contributed by atoms with Gasteiger partial charge in [-0.05, 0) is 31.5 Å². The van der Waals surface area contributed by atoms with E-state index in [1.54, 1.807) is 24.3 Å². The highest BCUT2D eigenvalue weighted by atomic mass is 35.5. The molecule has 1 saturated heterocycles. The molecule has 2 heterocycles. The highest BCUT2D eigenvalue weighted by Gasteiger charge is 2.28. The van der Waals surface area contributed by atoms with Crippen LogP contribution in [-0.4, -0.2) is 55.4 Å². The Morgan fingerprint density at radius 1 is 1.15 bits per heavy atom. The van der Waals surface area contributed by atoms with E-state index in [1.165, 1.54) is 4.31 Å². The molecule has 2 aromatic rings. The van der Waals surface area contributed by atoms with Gasteiger partial charge in [-0.3, -0.25) is 0 Å². The Balaban J connectivity index is 1.66. The molecule has 1 aromatic heterocycles. The quantitative estimate of drug-likeness (QED) is 0.789. The Morgan fingerprint density at radius 2 is 1.89 bits per heavy atom. The van der Waals surface area contributed by atoms with Crippen LogP contribution in [0.25, 0.3) is 0 Å². The molecule has 1 fully saturated rings. The molecule has 0 amide bonds. The number of anilines is 2. The van der Waals surface area contributed by atoms with Gasteiger partial charge < -0.3 is 10.2 Å². The molecule has 9 heteroatoms. The van der Waals surface area contributed by atoms with Gasteiger partial charge in [0.2, 0.25) is 16.0 Å². The first-order valence-corrected chi connectivity index (χ1v) is 10.9. The van der Waals surface area contributed by atoms with Gasteiger partial charge >= 0.3 is 0 Å². The number of piperazine rings is 1. The minimum atomic E-state index is -3.39. The van der Waals surface area contributed by atoms with Crippen LogP contribution in [0.4, 0.5) is 11.8 Å². The number of nitrogens with one attached hydrogen (secondary N) is 1. The van der Waals surface area contributed by atoms with Crippen molar-refractivity contribution >= 4 is 33.4 Å². The third kappa shape index (κ3) is 5.09. The van der Waals surface area contributed by atoms with Gasteiger partial charge in [0, 0.05) is 49.5 Å². The molecule has 7 nitrogen and oxygen atoms in total. The van der Waals surface area contributed by atoms with Crippen molar-refractivity contribution in [3.8, 4) is 0 Å². The third-order valence-corrected chi connectivity index (χ3v) is 6.44. The van der Waals surface area contributed by atoms with Crippen LogP contribution in [0.15, 0.2) is 30.3 Å². The SMILES string of the molecule is CCNc1cc(C)nc(N2CCN(S(=O)(=O)Cc3cccc(Cl)c3)CC2)n1. The molecule has 27 heavy (non-hydrogen) atoms. The summed E-state index contributed by atoms with van der Waals surface area (Å²) < 4.78 is 27.0. The van der Waals surface area contributed by atoms with Gasteiger partial charge in [0.15, 0.2) is 0 Å². The zero-order valence-electron chi connectivity index (χ0n) is 15.5. The number of halogens is 1. The lowest BCUT2D eigenvalue weighted by molar-refractivity contribution is 0.382. The van der Waals surface area contributed by atoms with E-state index in [4.69, 9.17) is 11.6 Å². The van der Waals surface area contributed by atoms with E-state index < -0.39 is 10.0 Å². The van der Waals surface area contributed by atoms with E-state index in [9.17, 15) is 8.42 Å². The average Bonchev–Trinajstić information content (AvgIpc) is 2.61. The van der Waals surface area contributed by atoms with E-state index >= 15 is 0 Å². The van der Waals surface area contributed by atoms with Gasteiger partial charge in [0.1, 0.15) is 5.82 Å². The Hall–Kier alpha value is -1.90. The summed E-state index contributed by atoms with van der Waals surface area (Å²) in [6, 6.07) is 8.88. The molecule has 0 aliphatic carbocycles. The lowest BCUT2D eigenvalue weighted by Gasteiger charge is -2.34. The van der Waals surface area contributed by atoms with Gasteiger partial charge in [0.25, 0.3) is 0 Å². The van der Waals surface area contributed by atoms with E-state index in [0.29, 0.717) is 42.7 Å². The second-order valence-corrected chi connectivity index (χ2v) is 8.90. The first kappa shape index (κ1) is 19.9. The van der Waals surface area contributed by atoms with Crippen molar-refractivity contribution in [2.45, 2.75) is 19.6 Å². The molecule has 0 atom stereocenters. The Kier molecular flexibility index (Phi) is 6.18. The van der Waals surface area contributed by atoms with Gasteiger partial charge in [-0.1, -0.05) is 23.7 Å². The fourth-order valence-electron chi connectivity index (χ4n) is 3.06. The van der Waals surface area contributed by atoms with Crippen LogP contribution in [0, 0.1) is 6.92 Å². The minimum absolute atomic E-state index is 0.0426. The van der Waals surface area contributed by atoms with Crippen molar-refractivity contribution in [1.82, 2.24) is 14.3 Å². The van der Waals surface area contributed by atoms with Crippen LogP contribution < -0.4 is 10.2 Å². The lowest BCUT2D eigenvalue weighted by Crippen LogP contribution is -2.49. The molecule has 3 rings (SSSR count). The van der Waals surface area contributed by atoms with Crippen LogP contribution >= 0.6 is 11.6 Å². The number of rotatable bonds is 6. The maximum absolute atomic E-state index is 12.7. The first-order chi connectivity index (χ1) is 12.9. The molecular formula is C18H24ClN5O2S. The molecule has 0 spiro atoms. The fraction of sp³-hybridized carbons (Fsp3) is 0.444. The number of hydrogen-bond donors (Lipinski definition) is 1. The Morgan fingerprint density at radius 3 is 2.56 bits per heavy atom. The molecule has 0 bridgehead atoms. The normalized spacial score (nSPS) is 15.7. The second-order valence-electron chi connectivity index (χ2n) is 6.50. The summed E-state index contributed by atoms with van der Waals surface area (Å²) in [5.41, 5.74) is 1.58. The number of nitrogens with zero attached hydrogens (tertiary/aromatic N) is 4. The number of benzene rings is 1. The molecule has 1 aliphatic heterocycles. The molecule has 1 aliphatic rings. The van der Waals surface area contributed by atoms with Crippen molar-refractivity contribution in [2.75, 3.05) is 42.9 Å². The first-order valence-electron chi connectivity index (χ1n) is 8.94. The van der Waals surface area contributed by atoms with E-state index in [1.807, 2.05) is 24.8 Å². The Labute approximate surface area is 165 Å². The van der Waals surface area contributed by atoms with Gasteiger partial charge in [0.05, 0.1) is 5.75 Å². The molecule has 0 saturated carbocycles. The maximum Gasteiger partial charge on any atom is 0.227 e. The smallest absolute Gasteiger partial charge is 0.227 e. The van der Waals surface area contributed by atoms with Crippen molar-refractivity contribution in [3.05, 3.63) is 46.6 Å². The summed E-state index contributed by atoms with van der Waals surface area (Å²) in [5.74, 6) is 1.38. The predicted molar refractivity (Wildman–Crippen MR) is 109 cm³/mol. The van der Waals surface area contributed by atoms with Crippen molar-refractivity contribution in [2.24, 2.45) is 0 Å². The van der Waals surface area contributed by atoms with Crippen LogP contribution in [0.2, 0.25) is 5.02 Å². The number of hydrogen-bond acceptors (Lipinski definition) is 6.